The smallest absolute Gasteiger partial charge is 0.293 e. The summed E-state index contributed by atoms with van der Waals surface area (Å²) in [7, 11) is 0. The fourth-order valence-electron chi connectivity index (χ4n) is 3.84. The van der Waals surface area contributed by atoms with E-state index in [-0.39, 0.29) is 17.7 Å². The average Bonchev–Trinajstić information content (AvgIpc) is 3.11. The van der Waals surface area contributed by atoms with Gasteiger partial charge < -0.3 is 4.74 Å². The van der Waals surface area contributed by atoms with Gasteiger partial charge in [0.1, 0.15) is 6.61 Å². The summed E-state index contributed by atoms with van der Waals surface area (Å²) in [5.41, 5.74) is 2.49. The van der Waals surface area contributed by atoms with Gasteiger partial charge in [0.05, 0.1) is 21.5 Å². The maximum absolute atomic E-state index is 13.0. The first-order valence-corrected chi connectivity index (χ1v) is 12.4. The molecule has 0 N–H and O–H groups in total. The van der Waals surface area contributed by atoms with Crippen LogP contribution in [0.2, 0.25) is 10.0 Å². The van der Waals surface area contributed by atoms with Gasteiger partial charge in [-0.1, -0.05) is 89.9 Å². The van der Waals surface area contributed by atoms with Crippen LogP contribution < -0.4 is 4.74 Å². The first kappa shape index (κ1) is 23.5. The fourth-order valence-corrected chi connectivity index (χ4v) is 5.29. The van der Waals surface area contributed by atoms with Crippen LogP contribution in [0.3, 0.4) is 0 Å². The maximum Gasteiger partial charge on any atom is 0.293 e. The Morgan fingerprint density at radius 2 is 1.49 bits per heavy atom. The Morgan fingerprint density at radius 3 is 2.23 bits per heavy atom. The zero-order valence-electron chi connectivity index (χ0n) is 18.4. The number of thioether (sulfide) groups is 1. The lowest BCUT2D eigenvalue weighted by Gasteiger charge is -2.13. The predicted octanol–water partition coefficient (Wildman–Crippen LogP) is 7.96. The third kappa shape index (κ3) is 5.22. The second-order valence-corrected chi connectivity index (χ2v) is 9.84. The zero-order chi connectivity index (χ0) is 24.4. The lowest BCUT2D eigenvalue weighted by molar-refractivity contribution is -0.123. The predicted molar refractivity (Wildman–Crippen MR) is 143 cm³/mol. The van der Waals surface area contributed by atoms with Gasteiger partial charge in [-0.15, -0.1) is 0 Å². The van der Waals surface area contributed by atoms with E-state index in [2.05, 4.69) is 0 Å². The number of benzene rings is 4. The van der Waals surface area contributed by atoms with Crippen LogP contribution >= 0.6 is 35.0 Å². The molecule has 0 bridgehead atoms. The second-order valence-electron chi connectivity index (χ2n) is 8.04. The lowest BCUT2D eigenvalue weighted by atomic mass is 10.1. The van der Waals surface area contributed by atoms with Crippen molar-refractivity contribution in [1.29, 1.82) is 0 Å². The highest BCUT2D eigenvalue weighted by Crippen LogP contribution is 2.38. The molecule has 4 aromatic carbocycles. The molecule has 0 spiro atoms. The van der Waals surface area contributed by atoms with Gasteiger partial charge in [-0.25, -0.2) is 0 Å². The number of carbonyl (C=O) groups excluding carboxylic acids is 2. The molecule has 4 aromatic rings. The van der Waals surface area contributed by atoms with E-state index in [1.54, 1.807) is 18.2 Å². The van der Waals surface area contributed by atoms with Gasteiger partial charge in [0.15, 0.2) is 5.75 Å². The van der Waals surface area contributed by atoms with Crippen molar-refractivity contribution in [2.24, 2.45) is 0 Å². The molecular formula is C28H19Cl2NO3S. The number of hydrogen-bond donors (Lipinski definition) is 0. The highest BCUT2D eigenvalue weighted by Gasteiger charge is 2.35. The van der Waals surface area contributed by atoms with Crippen molar-refractivity contribution in [3.63, 3.8) is 0 Å². The number of ether oxygens (including phenoxy) is 1. The molecule has 0 radical (unpaired) electrons. The molecule has 174 valence electrons. The number of fused-ring (bicyclic) bond motifs is 1. The number of amides is 2. The Labute approximate surface area is 217 Å². The van der Waals surface area contributed by atoms with E-state index in [9.17, 15) is 9.59 Å². The van der Waals surface area contributed by atoms with E-state index >= 15 is 0 Å². The summed E-state index contributed by atoms with van der Waals surface area (Å²) >= 11 is 13.8. The SMILES string of the molecule is O=C1S/C(=C\c2cc(Cl)c(OCc3ccccc3)c(Cl)c2)C(=O)N1Cc1ccc2ccccc2c1. The Kier molecular flexibility index (Phi) is 6.82. The summed E-state index contributed by atoms with van der Waals surface area (Å²) in [4.78, 5) is 27.2. The molecule has 2 amide bonds. The molecule has 4 nitrogen and oxygen atoms in total. The van der Waals surface area contributed by atoms with Gasteiger partial charge in [0.2, 0.25) is 0 Å². The Bertz CT molecular complexity index is 1450. The van der Waals surface area contributed by atoms with E-state index < -0.39 is 0 Å². The number of halogens is 2. The highest BCUT2D eigenvalue weighted by atomic mass is 35.5. The Hall–Kier alpha value is -3.25. The molecule has 7 heteroatoms. The van der Waals surface area contributed by atoms with Crippen molar-refractivity contribution < 1.29 is 14.3 Å². The molecule has 1 heterocycles. The standard InChI is InChI=1S/C28H19Cl2NO3S/c29-23-13-20(14-24(30)26(23)34-17-18-6-2-1-3-7-18)15-25-27(32)31(28(33)35-25)16-19-10-11-21-8-4-5-9-22(21)12-19/h1-15H,16-17H2/b25-15-. The van der Waals surface area contributed by atoms with Crippen LogP contribution in [0.25, 0.3) is 16.8 Å². The molecule has 35 heavy (non-hydrogen) atoms. The topological polar surface area (TPSA) is 46.6 Å². The quantitative estimate of drug-likeness (QED) is 0.242. The molecule has 0 saturated carbocycles. The van der Waals surface area contributed by atoms with Gasteiger partial charge >= 0.3 is 0 Å². The third-order valence-electron chi connectivity index (χ3n) is 5.57. The van der Waals surface area contributed by atoms with Crippen molar-refractivity contribution in [2.75, 3.05) is 0 Å². The highest BCUT2D eigenvalue weighted by molar-refractivity contribution is 8.18. The van der Waals surface area contributed by atoms with Crippen molar-refractivity contribution >= 4 is 63.0 Å². The Morgan fingerprint density at radius 1 is 0.800 bits per heavy atom. The van der Waals surface area contributed by atoms with Gasteiger partial charge in [0.25, 0.3) is 11.1 Å². The normalized spacial score (nSPS) is 14.8. The van der Waals surface area contributed by atoms with E-state index in [0.29, 0.717) is 32.9 Å². The largest absolute Gasteiger partial charge is 0.486 e. The van der Waals surface area contributed by atoms with Gasteiger partial charge in [-0.3, -0.25) is 14.5 Å². The lowest BCUT2D eigenvalue weighted by Crippen LogP contribution is -2.27. The minimum Gasteiger partial charge on any atom is -0.486 e. The van der Waals surface area contributed by atoms with Crippen molar-refractivity contribution in [2.45, 2.75) is 13.2 Å². The molecule has 0 aliphatic carbocycles. The van der Waals surface area contributed by atoms with Gasteiger partial charge in [-0.05, 0) is 63.5 Å². The molecule has 1 aliphatic rings. The number of carbonyl (C=O) groups is 2. The van der Waals surface area contributed by atoms with Crippen LogP contribution in [-0.2, 0) is 17.9 Å². The van der Waals surface area contributed by atoms with E-state index in [1.165, 1.54) is 4.90 Å². The molecule has 0 aromatic heterocycles. The summed E-state index contributed by atoms with van der Waals surface area (Å²) in [6.45, 7) is 0.536. The summed E-state index contributed by atoms with van der Waals surface area (Å²) in [6, 6.07) is 26.9. The van der Waals surface area contributed by atoms with E-state index in [1.807, 2.05) is 72.8 Å². The van der Waals surface area contributed by atoms with Crippen LogP contribution in [0.1, 0.15) is 16.7 Å². The zero-order valence-corrected chi connectivity index (χ0v) is 20.7. The minimum atomic E-state index is -0.343. The maximum atomic E-state index is 13.0. The van der Waals surface area contributed by atoms with Crippen LogP contribution in [0.15, 0.2) is 89.8 Å². The van der Waals surface area contributed by atoms with Gasteiger partial charge in [0, 0.05) is 0 Å². The van der Waals surface area contributed by atoms with E-state index in [0.717, 1.165) is 33.7 Å². The minimum absolute atomic E-state index is 0.209. The van der Waals surface area contributed by atoms with Crippen molar-refractivity contribution in [3.8, 4) is 5.75 Å². The molecule has 0 atom stereocenters. The summed E-state index contributed by atoms with van der Waals surface area (Å²) in [6.07, 6.45) is 1.63. The van der Waals surface area contributed by atoms with Crippen molar-refractivity contribution in [3.05, 3.63) is 117 Å². The second kappa shape index (κ2) is 10.2. The number of rotatable bonds is 6. The molecule has 1 aliphatic heterocycles. The average molecular weight is 520 g/mol. The van der Waals surface area contributed by atoms with Crippen LogP contribution in [0.4, 0.5) is 4.79 Å². The summed E-state index contributed by atoms with van der Waals surface area (Å²) in [5.74, 6) is 0.0311. The molecule has 5 rings (SSSR count). The van der Waals surface area contributed by atoms with Gasteiger partial charge in [-0.2, -0.15) is 0 Å². The molecule has 0 unspecified atom stereocenters. The van der Waals surface area contributed by atoms with Crippen molar-refractivity contribution in [1.82, 2.24) is 4.90 Å². The van der Waals surface area contributed by atoms with Crippen LogP contribution in [0.5, 0.6) is 5.75 Å². The number of imide groups is 1. The molecule has 1 fully saturated rings. The third-order valence-corrected chi connectivity index (χ3v) is 7.04. The Balaban J connectivity index is 1.32. The first-order chi connectivity index (χ1) is 17.0. The first-order valence-electron chi connectivity index (χ1n) is 10.9. The summed E-state index contributed by atoms with van der Waals surface area (Å²) < 4.78 is 5.81. The molecular weight excluding hydrogens is 501 g/mol. The summed E-state index contributed by atoms with van der Waals surface area (Å²) in [5, 5.41) is 2.51. The molecule has 1 saturated heterocycles. The van der Waals surface area contributed by atoms with Crippen LogP contribution in [0, 0.1) is 0 Å². The fraction of sp³-hybridized carbons (Fsp3) is 0.0714. The number of nitrogens with zero attached hydrogens (tertiary/aromatic N) is 1. The van der Waals surface area contributed by atoms with Crippen LogP contribution in [-0.4, -0.2) is 16.0 Å². The number of hydrogen-bond acceptors (Lipinski definition) is 4. The monoisotopic (exact) mass is 519 g/mol. The van der Waals surface area contributed by atoms with E-state index in [4.69, 9.17) is 27.9 Å².